The number of aryl methyl sites for hydroxylation is 1. The van der Waals surface area contributed by atoms with Gasteiger partial charge in [0.25, 0.3) is 5.91 Å². The number of aromatic carboxylic acids is 1. The number of carboxylic acids is 1. The third-order valence-electron chi connectivity index (χ3n) is 2.75. The van der Waals surface area contributed by atoms with E-state index in [9.17, 15) is 19.8 Å². The van der Waals surface area contributed by atoms with Crippen LogP contribution in [0.25, 0.3) is 0 Å². The quantitative estimate of drug-likeness (QED) is 0.694. The van der Waals surface area contributed by atoms with Crippen molar-refractivity contribution >= 4 is 28.2 Å². The number of anilines is 1. The predicted octanol–water partition coefficient (Wildman–Crippen LogP) is 2.67. The number of phenolic OH excluding ortho intramolecular Hbond substituents is 2. The number of phenols is 2. The summed E-state index contributed by atoms with van der Waals surface area (Å²) in [5.74, 6) is -2.23. The van der Waals surface area contributed by atoms with Crippen LogP contribution in [0.15, 0.2) is 24.3 Å². The first kappa shape index (κ1) is 14.9. The molecule has 0 aliphatic heterocycles. The van der Waals surface area contributed by atoms with Gasteiger partial charge in [-0.15, -0.1) is 11.3 Å². The number of aromatic hydroxyl groups is 2. The lowest BCUT2D eigenvalue weighted by molar-refractivity contribution is 0.0698. The Morgan fingerprint density at radius 2 is 1.76 bits per heavy atom. The molecular weight excluding hydrogens is 294 g/mol. The molecule has 0 saturated heterocycles. The zero-order chi connectivity index (χ0) is 15.6. The zero-order valence-electron chi connectivity index (χ0n) is 11.1. The van der Waals surface area contributed by atoms with Gasteiger partial charge in [0.15, 0.2) is 0 Å². The summed E-state index contributed by atoms with van der Waals surface area (Å²) < 4.78 is 0. The van der Waals surface area contributed by atoms with Crippen LogP contribution in [0.4, 0.5) is 5.00 Å². The molecular formula is C14H13NO5S. The largest absolute Gasteiger partial charge is 0.508 e. The van der Waals surface area contributed by atoms with Gasteiger partial charge in [-0.2, -0.15) is 0 Å². The van der Waals surface area contributed by atoms with E-state index in [0.717, 1.165) is 10.9 Å². The number of carboxylic acid groups (broad SMARTS) is 1. The smallest absolute Gasteiger partial charge is 0.338 e. The number of hydrogen-bond donors (Lipinski definition) is 4. The highest BCUT2D eigenvalue weighted by Crippen LogP contribution is 2.29. The molecule has 0 atom stereocenters. The van der Waals surface area contributed by atoms with Gasteiger partial charge in [0.1, 0.15) is 16.5 Å². The van der Waals surface area contributed by atoms with Crippen LogP contribution in [-0.2, 0) is 6.42 Å². The Morgan fingerprint density at radius 1 is 1.14 bits per heavy atom. The Bertz CT molecular complexity index is 687. The Labute approximate surface area is 124 Å². The van der Waals surface area contributed by atoms with Crippen molar-refractivity contribution in [3.05, 3.63) is 40.3 Å². The van der Waals surface area contributed by atoms with Gasteiger partial charge in [-0.05, 0) is 24.6 Å². The van der Waals surface area contributed by atoms with Crippen LogP contribution < -0.4 is 5.32 Å². The first-order valence-corrected chi connectivity index (χ1v) is 6.92. The molecule has 6 nitrogen and oxygen atoms in total. The average molecular weight is 307 g/mol. The summed E-state index contributed by atoms with van der Waals surface area (Å²) in [5, 5.41) is 30.6. The molecule has 0 aliphatic carbocycles. The minimum atomic E-state index is -1.12. The van der Waals surface area contributed by atoms with E-state index in [2.05, 4.69) is 5.32 Å². The van der Waals surface area contributed by atoms with E-state index < -0.39 is 11.9 Å². The standard InChI is InChI=1S/C14H13NO5S/c1-2-10-6-11(14(19)20)13(21-10)15-12(18)7-3-8(16)5-9(17)4-7/h3-6,16-17H,2H2,1H3,(H,15,18)(H,19,20). The van der Waals surface area contributed by atoms with E-state index in [-0.39, 0.29) is 27.6 Å². The van der Waals surface area contributed by atoms with Crippen molar-refractivity contribution < 1.29 is 24.9 Å². The van der Waals surface area contributed by atoms with Crippen molar-refractivity contribution in [1.29, 1.82) is 0 Å². The fourth-order valence-electron chi connectivity index (χ4n) is 1.77. The van der Waals surface area contributed by atoms with Crippen LogP contribution in [0.3, 0.4) is 0 Å². The maximum Gasteiger partial charge on any atom is 0.338 e. The molecule has 1 aromatic heterocycles. The van der Waals surface area contributed by atoms with Crippen molar-refractivity contribution in [2.75, 3.05) is 5.32 Å². The molecule has 1 amide bonds. The van der Waals surface area contributed by atoms with Crippen molar-refractivity contribution in [3.8, 4) is 11.5 Å². The van der Waals surface area contributed by atoms with Crippen molar-refractivity contribution in [2.24, 2.45) is 0 Å². The number of carbonyl (C=O) groups excluding carboxylic acids is 1. The van der Waals surface area contributed by atoms with Crippen LogP contribution in [0.1, 0.15) is 32.5 Å². The van der Waals surface area contributed by atoms with Gasteiger partial charge in [-0.3, -0.25) is 4.79 Å². The Morgan fingerprint density at radius 3 is 2.29 bits per heavy atom. The van der Waals surface area contributed by atoms with Gasteiger partial charge < -0.3 is 20.6 Å². The van der Waals surface area contributed by atoms with Gasteiger partial charge in [-0.1, -0.05) is 6.92 Å². The Balaban J connectivity index is 2.30. The maximum atomic E-state index is 12.1. The Hall–Kier alpha value is -2.54. The van der Waals surface area contributed by atoms with E-state index >= 15 is 0 Å². The van der Waals surface area contributed by atoms with Gasteiger partial charge in [0.2, 0.25) is 0 Å². The minimum absolute atomic E-state index is 0.0228. The first-order chi connectivity index (χ1) is 9.90. The summed E-state index contributed by atoms with van der Waals surface area (Å²) in [7, 11) is 0. The van der Waals surface area contributed by atoms with Crippen LogP contribution in [0, 0.1) is 0 Å². The number of benzene rings is 1. The number of amides is 1. The molecule has 0 radical (unpaired) electrons. The highest BCUT2D eigenvalue weighted by Gasteiger charge is 2.18. The molecule has 0 fully saturated rings. The lowest BCUT2D eigenvalue weighted by Crippen LogP contribution is -2.13. The van der Waals surface area contributed by atoms with E-state index in [1.807, 2.05) is 6.92 Å². The molecule has 7 heteroatoms. The molecule has 0 spiro atoms. The van der Waals surface area contributed by atoms with Gasteiger partial charge >= 0.3 is 5.97 Å². The summed E-state index contributed by atoms with van der Waals surface area (Å²) in [6.07, 6.45) is 0.660. The lowest BCUT2D eigenvalue weighted by atomic mass is 10.2. The number of hydrogen-bond acceptors (Lipinski definition) is 5. The molecule has 2 aromatic rings. The number of thiophene rings is 1. The summed E-state index contributed by atoms with van der Waals surface area (Å²) in [5.41, 5.74) is 0.0601. The monoisotopic (exact) mass is 307 g/mol. The topological polar surface area (TPSA) is 107 Å². The zero-order valence-corrected chi connectivity index (χ0v) is 11.9. The average Bonchev–Trinajstić information content (AvgIpc) is 2.80. The second kappa shape index (κ2) is 5.84. The first-order valence-electron chi connectivity index (χ1n) is 6.11. The van der Waals surface area contributed by atoms with Crippen molar-refractivity contribution in [1.82, 2.24) is 0 Å². The van der Waals surface area contributed by atoms with Crippen LogP contribution in [-0.4, -0.2) is 27.2 Å². The molecule has 110 valence electrons. The van der Waals surface area contributed by atoms with E-state index in [1.54, 1.807) is 0 Å². The summed E-state index contributed by atoms with van der Waals surface area (Å²) >= 11 is 1.18. The summed E-state index contributed by atoms with van der Waals surface area (Å²) in [6.45, 7) is 1.89. The van der Waals surface area contributed by atoms with E-state index in [4.69, 9.17) is 5.11 Å². The van der Waals surface area contributed by atoms with Gasteiger partial charge in [-0.25, -0.2) is 4.79 Å². The third kappa shape index (κ3) is 3.32. The normalized spacial score (nSPS) is 10.3. The van der Waals surface area contributed by atoms with Crippen molar-refractivity contribution in [2.45, 2.75) is 13.3 Å². The molecule has 0 bridgehead atoms. The van der Waals surface area contributed by atoms with E-state index in [0.29, 0.717) is 6.42 Å². The van der Waals surface area contributed by atoms with Gasteiger partial charge in [0.05, 0.1) is 5.56 Å². The second-order valence-corrected chi connectivity index (χ2v) is 5.44. The molecule has 0 saturated carbocycles. The molecule has 4 N–H and O–H groups in total. The summed E-state index contributed by atoms with van der Waals surface area (Å²) in [4.78, 5) is 24.1. The van der Waals surface area contributed by atoms with Crippen LogP contribution in [0.2, 0.25) is 0 Å². The molecule has 21 heavy (non-hydrogen) atoms. The number of carbonyl (C=O) groups is 2. The maximum absolute atomic E-state index is 12.1. The third-order valence-corrected chi connectivity index (χ3v) is 3.95. The highest BCUT2D eigenvalue weighted by atomic mass is 32.1. The fraction of sp³-hybridized carbons (Fsp3) is 0.143. The molecule has 1 heterocycles. The minimum Gasteiger partial charge on any atom is -0.508 e. The molecule has 2 rings (SSSR count). The molecule has 0 aliphatic rings. The fourth-order valence-corrected chi connectivity index (χ4v) is 2.75. The van der Waals surface area contributed by atoms with Crippen molar-refractivity contribution in [3.63, 3.8) is 0 Å². The lowest BCUT2D eigenvalue weighted by Gasteiger charge is -2.05. The highest BCUT2D eigenvalue weighted by molar-refractivity contribution is 7.16. The molecule has 1 aromatic carbocycles. The molecule has 0 unspecified atom stereocenters. The second-order valence-electron chi connectivity index (χ2n) is 4.31. The number of nitrogens with one attached hydrogen (secondary N) is 1. The van der Waals surface area contributed by atoms with Gasteiger partial charge in [0, 0.05) is 16.5 Å². The summed E-state index contributed by atoms with van der Waals surface area (Å²) in [6, 6.07) is 4.98. The predicted molar refractivity (Wildman–Crippen MR) is 78.4 cm³/mol. The number of rotatable bonds is 4. The van der Waals surface area contributed by atoms with Crippen LogP contribution >= 0.6 is 11.3 Å². The van der Waals surface area contributed by atoms with E-state index in [1.165, 1.54) is 29.5 Å². The SMILES string of the molecule is CCc1cc(C(=O)O)c(NC(=O)c2cc(O)cc(O)c2)s1. The Kier molecular flexibility index (Phi) is 4.13. The van der Waals surface area contributed by atoms with Crippen LogP contribution in [0.5, 0.6) is 11.5 Å².